The lowest BCUT2D eigenvalue weighted by molar-refractivity contribution is -0.166. The van der Waals surface area contributed by atoms with Gasteiger partial charge in [-0.15, -0.1) is 0 Å². The Morgan fingerprint density at radius 3 is 1.12 bits per heavy atom. The van der Waals surface area contributed by atoms with Crippen LogP contribution in [0, 0.1) is 0 Å². The molecule has 0 spiro atoms. The number of hydrogen-bond acceptors (Lipinski definition) is 6. The van der Waals surface area contributed by atoms with Gasteiger partial charge in [0.15, 0.2) is 6.10 Å². The van der Waals surface area contributed by atoms with Crippen LogP contribution in [0.1, 0.15) is 245 Å². The van der Waals surface area contributed by atoms with E-state index in [-0.39, 0.29) is 37.5 Å². The molecular formula is C54H94O6. The number of hydrogen-bond donors (Lipinski definition) is 0. The largest absolute Gasteiger partial charge is 0.462 e. The Hall–Kier alpha value is -2.89. The lowest BCUT2D eigenvalue weighted by atomic mass is 10.0. The maximum absolute atomic E-state index is 12.7. The van der Waals surface area contributed by atoms with Crippen LogP contribution in [0.4, 0.5) is 0 Å². The predicted molar refractivity (Wildman–Crippen MR) is 256 cm³/mol. The van der Waals surface area contributed by atoms with E-state index in [0.717, 1.165) is 70.6 Å². The molecule has 0 amide bonds. The molecule has 0 saturated heterocycles. The van der Waals surface area contributed by atoms with Crippen LogP contribution in [-0.4, -0.2) is 37.2 Å². The van der Waals surface area contributed by atoms with Crippen molar-refractivity contribution in [3.8, 4) is 0 Å². The van der Waals surface area contributed by atoms with E-state index in [1.807, 2.05) is 6.08 Å². The molecule has 0 aliphatic rings. The molecule has 346 valence electrons. The Bertz CT molecular complexity index is 1100. The van der Waals surface area contributed by atoms with Crippen molar-refractivity contribution in [2.75, 3.05) is 13.2 Å². The molecule has 6 nitrogen and oxygen atoms in total. The second-order valence-electron chi connectivity index (χ2n) is 16.7. The van der Waals surface area contributed by atoms with E-state index in [1.54, 1.807) is 0 Å². The standard InChI is InChI=1S/C54H94O6/c1-4-7-10-13-16-19-22-25-26-27-28-30-32-35-38-41-44-47-53(56)59-50-51(49-58-52(55)46-43-40-37-34-31-24-21-18-15-12-9-6-3)60-54(57)48-45-42-39-36-33-29-23-20-17-14-11-8-5-2/h9,12,18,21,29,31,33-34,39,42,51H,4-8,10-11,13-17,19-20,22-28,30,32,35-38,40-41,43-50H2,1-3H3/b12-9-,21-18-,33-29-,34-31-,42-39-. The van der Waals surface area contributed by atoms with E-state index in [0.29, 0.717) is 19.3 Å². The first kappa shape index (κ1) is 57.1. The van der Waals surface area contributed by atoms with Crippen molar-refractivity contribution in [1.82, 2.24) is 0 Å². The number of rotatable bonds is 45. The molecule has 0 saturated carbocycles. The Balaban J connectivity index is 4.43. The summed E-state index contributed by atoms with van der Waals surface area (Å²) >= 11 is 0. The van der Waals surface area contributed by atoms with E-state index in [1.165, 1.54) is 128 Å². The monoisotopic (exact) mass is 839 g/mol. The molecule has 1 atom stereocenters. The first-order valence-electron chi connectivity index (χ1n) is 25.3. The van der Waals surface area contributed by atoms with Gasteiger partial charge in [0.1, 0.15) is 13.2 Å². The molecule has 0 rings (SSSR count). The van der Waals surface area contributed by atoms with E-state index >= 15 is 0 Å². The minimum atomic E-state index is -0.816. The third-order valence-electron chi connectivity index (χ3n) is 10.8. The third-order valence-corrected chi connectivity index (χ3v) is 10.8. The molecule has 1 unspecified atom stereocenters. The fraction of sp³-hybridized carbons (Fsp3) is 0.759. The molecule has 0 aromatic heterocycles. The summed E-state index contributed by atoms with van der Waals surface area (Å²) in [5, 5.41) is 0. The predicted octanol–water partition coefficient (Wildman–Crippen LogP) is 16.5. The van der Waals surface area contributed by atoms with Gasteiger partial charge in [0.25, 0.3) is 0 Å². The molecule has 0 fully saturated rings. The number of carbonyl (C=O) groups excluding carboxylic acids is 3. The fourth-order valence-corrected chi connectivity index (χ4v) is 6.98. The van der Waals surface area contributed by atoms with E-state index in [9.17, 15) is 14.4 Å². The molecule has 0 aromatic rings. The van der Waals surface area contributed by atoms with Gasteiger partial charge < -0.3 is 14.2 Å². The molecule has 0 bridgehead atoms. The fourth-order valence-electron chi connectivity index (χ4n) is 6.98. The van der Waals surface area contributed by atoms with Crippen LogP contribution in [0.2, 0.25) is 0 Å². The highest BCUT2D eigenvalue weighted by Gasteiger charge is 2.19. The summed E-state index contributed by atoms with van der Waals surface area (Å²) in [5.41, 5.74) is 0. The van der Waals surface area contributed by atoms with E-state index < -0.39 is 6.10 Å². The Labute approximate surface area is 370 Å². The van der Waals surface area contributed by atoms with Crippen LogP contribution in [0.5, 0.6) is 0 Å². The number of ether oxygens (including phenoxy) is 3. The molecule has 0 aromatic carbocycles. The molecule has 6 heteroatoms. The topological polar surface area (TPSA) is 78.9 Å². The quantitative estimate of drug-likeness (QED) is 0.0263. The second kappa shape index (κ2) is 48.8. The first-order valence-corrected chi connectivity index (χ1v) is 25.3. The number of allylic oxidation sites excluding steroid dienone is 10. The van der Waals surface area contributed by atoms with Crippen molar-refractivity contribution in [3.63, 3.8) is 0 Å². The molecule has 0 radical (unpaired) electrons. The first-order chi connectivity index (χ1) is 29.5. The number of unbranched alkanes of at least 4 members (excludes halogenated alkanes) is 24. The van der Waals surface area contributed by atoms with Crippen molar-refractivity contribution in [1.29, 1.82) is 0 Å². The molecule has 0 aliphatic heterocycles. The zero-order valence-corrected chi connectivity index (χ0v) is 39.5. The van der Waals surface area contributed by atoms with Crippen molar-refractivity contribution in [3.05, 3.63) is 60.8 Å². The van der Waals surface area contributed by atoms with Gasteiger partial charge in [-0.2, -0.15) is 0 Å². The maximum Gasteiger partial charge on any atom is 0.306 e. The normalized spacial score (nSPS) is 12.5. The zero-order chi connectivity index (χ0) is 43.7. The Morgan fingerprint density at radius 2 is 0.683 bits per heavy atom. The van der Waals surface area contributed by atoms with E-state index in [2.05, 4.69) is 75.5 Å². The highest BCUT2D eigenvalue weighted by molar-refractivity contribution is 5.71. The third kappa shape index (κ3) is 46.2. The van der Waals surface area contributed by atoms with Crippen LogP contribution in [0.25, 0.3) is 0 Å². The second-order valence-corrected chi connectivity index (χ2v) is 16.7. The van der Waals surface area contributed by atoms with Gasteiger partial charge in [-0.25, -0.2) is 0 Å². The minimum absolute atomic E-state index is 0.107. The zero-order valence-electron chi connectivity index (χ0n) is 39.5. The maximum atomic E-state index is 12.7. The average molecular weight is 839 g/mol. The summed E-state index contributed by atoms with van der Waals surface area (Å²) in [4.78, 5) is 37.8. The molecule has 0 aliphatic carbocycles. The highest BCUT2D eigenvalue weighted by Crippen LogP contribution is 2.15. The molecule has 0 N–H and O–H groups in total. The van der Waals surface area contributed by atoms with Gasteiger partial charge in [-0.05, 0) is 70.6 Å². The Kier molecular flexibility index (Phi) is 46.4. The lowest BCUT2D eigenvalue weighted by Gasteiger charge is -2.18. The number of carbonyl (C=O) groups is 3. The minimum Gasteiger partial charge on any atom is -0.462 e. The van der Waals surface area contributed by atoms with Crippen LogP contribution >= 0.6 is 0 Å². The Morgan fingerprint density at radius 1 is 0.350 bits per heavy atom. The van der Waals surface area contributed by atoms with Crippen molar-refractivity contribution >= 4 is 17.9 Å². The van der Waals surface area contributed by atoms with Gasteiger partial charge in [0.2, 0.25) is 0 Å². The van der Waals surface area contributed by atoms with Crippen LogP contribution in [-0.2, 0) is 28.6 Å². The number of esters is 3. The molecular weight excluding hydrogens is 745 g/mol. The molecule has 60 heavy (non-hydrogen) atoms. The summed E-state index contributed by atoms with van der Waals surface area (Å²) in [6.45, 7) is 6.44. The van der Waals surface area contributed by atoms with E-state index in [4.69, 9.17) is 14.2 Å². The van der Waals surface area contributed by atoms with Crippen molar-refractivity contribution in [2.24, 2.45) is 0 Å². The summed E-state index contributed by atoms with van der Waals surface area (Å²) in [7, 11) is 0. The van der Waals surface area contributed by atoms with Crippen molar-refractivity contribution < 1.29 is 28.6 Å². The highest BCUT2D eigenvalue weighted by atomic mass is 16.6. The van der Waals surface area contributed by atoms with Gasteiger partial charge in [-0.3, -0.25) is 14.4 Å². The smallest absolute Gasteiger partial charge is 0.306 e. The summed E-state index contributed by atoms with van der Waals surface area (Å²) in [6.07, 6.45) is 59.4. The molecule has 0 heterocycles. The van der Waals surface area contributed by atoms with Gasteiger partial charge in [0.05, 0.1) is 0 Å². The van der Waals surface area contributed by atoms with Crippen LogP contribution < -0.4 is 0 Å². The van der Waals surface area contributed by atoms with Crippen molar-refractivity contribution in [2.45, 2.75) is 252 Å². The van der Waals surface area contributed by atoms with Gasteiger partial charge in [-0.1, -0.05) is 216 Å². The van der Waals surface area contributed by atoms with Gasteiger partial charge >= 0.3 is 17.9 Å². The summed E-state index contributed by atoms with van der Waals surface area (Å²) < 4.78 is 16.7. The van der Waals surface area contributed by atoms with Crippen LogP contribution in [0.3, 0.4) is 0 Å². The average Bonchev–Trinajstić information content (AvgIpc) is 3.24. The summed E-state index contributed by atoms with van der Waals surface area (Å²) in [5.74, 6) is -1.01. The van der Waals surface area contributed by atoms with Gasteiger partial charge in [0, 0.05) is 19.3 Å². The SMILES string of the molecule is CC/C=C\C/C=C\C/C=C\CCCCC(=O)OCC(COC(=O)CCCCCCCCCCCCCCCCCCC)OC(=O)CC/C=C\C/C=C\CCCCCCCC. The van der Waals surface area contributed by atoms with Crippen LogP contribution in [0.15, 0.2) is 60.8 Å². The lowest BCUT2D eigenvalue weighted by Crippen LogP contribution is -2.30. The summed E-state index contributed by atoms with van der Waals surface area (Å²) in [6, 6.07) is 0.